The van der Waals surface area contributed by atoms with Gasteiger partial charge in [-0.2, -0.15) is 0 Å². The van der Waals surface area contributed by atoms with Crippen molar-refractivity contribution in [2.75, 3.05) is 6.61 Å². The van der Waals surface area contributed by atoms with Gasteiger partial charge in [-0.15, -0.1) is 0 Å². The fourth-order valence-corrected chi connectivity index (χ4v) is 2.59. The number of fused-ring (bicyclic) bond motifs is 1. The van der Waals surface area contributed by atoms with Gasteiger partial charge in [0.15, 0.2) is 6.61 Å². The summed E-state index contributed by atoms with van der Waals surface area (Å²) in [6.45, 7) is 1.60. The number of nitrogens with one attached hydrogen (secondary N) is 2. The van der Waals surface area contributed by atoms with E-state index in [2.05, 4.69) is 10.3 Å². The molecule has 0 unspecified atom stereocenters. The highest BCUT2D eigenvalue weighted by Crippen LogP contribution is 2.32. The second kappa shape index (κ2) is 6.24. The molecule has 0 saturated heterocycles. The second-order valence-corrected chi connectivity index (χ2v) is 5.86. The van der Waals surface area contributed by atoms with E-state index in [-0.39, 0.29) is 29.7 Å². The first kappa shape index (κ1) is 15.3. The zero-order valence-electron chi connectivity index (χ0n) is 12.8. The smallest absolute Gasteiger partial charge is 0.339 e. The molecule has 6 nitrogen and oxygen atoms in total. The minimum absolute atomic E-state index is 0.0987. The number of rotatable bonds is 5. The number of H-pyrrole nitrogens is 1. The topological polar surface area (TPSA) is 88.3 Å². The summed E-state index contributed by atoms with van der Waals surface area (Å²) in [5.74, 6) is -0.473. The molecule has 6 heteroatoms. The van der Waals surface area contributed by atoms with Gasteiger partial charge < -0.3 is 15.0 Å². The number of carbonyl (C=O) groups is 2. The molecule has 1 fully saturated rings. The highest BCUT2D eigenvalue weighted by molar-refractivity contribution is 6.03. The summed E-state index contributed by atoms with van der Waals surface area (Å²) >= 11 is 0. The van der Waals surface area contributed by atoms with Crippen LogP contribution >= 0.6 is 0 Å². The van der Waals surface area contributed by atoms with Crippen molar-refractivity contribution in [3.8, 4) is 0 Å². The largest absolute Gasteiger partial charge is 0.452 e. The molecule has 0 spiro atoms. The van der Waals surface area contributed by atoms with Crippen molar-refractivity contribution in [1.29, 1.82) is 0 Å². The van der Waals surface area contributed by atoms with Crippen LogP contribution in [-0.2, 0) is 9.53 Å². The number of para-hydroxylation sites is 1. The Balaban J connectivity index is 1.68. The fourth-order valence-electron chi connectivity index (χ4n) is 2.59. The lowest BCUT2D eigenvalue weighted by molar-refractivity contribution is -0.124. The molecule has 3 rings (SSSR count). The highest BCUT2D eigenvalue weighted by Gasteiger charge is 2.29. The van der Waals surface area contributed by atoms with Crippen molar-refractivity contribution in [1.82, 2.24) is 10.3 Å². The summed E-state index contributed by atoms with van der Waals surface area (Å²) in [7, 11) is 0. The Labute approximate surface area is 132 Å². The van der Waals surface area contributed by atoms with Gasteiger partial charge in [-0.1, -0.05) is 18.2 Å². The molecule has 1 heterocycles. The summed E-state index contributed by atoms with van der Waals surface area (Å²) in [6, 6.07) is 8.24. The van der Waals surface area contributed by atoms with Gasteiger partial charge in [-0.05, 0) is 31.7 Å². The number of hydrogen-bond donors (Lipinski definition) is 2. The molecular formula is C17H18N2O4. The minimum atomic E-state index is -0.679. The van der Waals surface area contributed by atoms with Crippen LogP contribution in [0.25, 0.3) is 10.9 Å². The molecule has 1 amide bonds. The van der Waals surface area contributed by atoms with Crippen LogP contribution in [0.3, 0.4) is 0 Å². The molecule has 1 saturated carbocycles. The predicted octanol–water partition coefficient (Wildman–Crippen LogP) is 1.60. The van der Waals surface area contributed by atoms with E-state index in [0.717, 1.165) is 12.8 Å². The fraction of sp³-hybridized carbons (Fsp3) is 0.353. The number of esters is 1. The van der Waals surface area contributed by atoms with Crippen LogP contribution in [0, 0.1) is 5.92 Å². The number of ether oxygens (including phenoxy) is 1. The van der Waals surface area contributed by atoms with Gasteiger partial charge in [-0.3, -0.25) is 9.59 Å². The third-order valence-corrected chi connectivity index (χ3v) is 4.02. The van der Waals surface area contributed by atoms with Crippen molar-refractivity contribution in [3.63, 3.8) is 0 Å². The Hall–Kier alpha value is -2.63. The van der Waals surface area contributed by atoms with Crippen LogP contribution in [0.2, 0.25) is 0 Å². The van der Waals surface area contributed by atoms with E-state index >= 15 is 0 Å². The summed E-state index contributed by atoms with van der Waals surface area (Å²) in [5.41, 5.74) is 0.327. The van der Waals surface area contributed by atoms with Crippen LogP contribution in [0.5, 0.6) is 0 Å². The Morgan fingerprint density at radius 3 is 2.83 bits per heavy atom. The van der Waals surface area contributed by atoms with Crippen molar-refractivity contribution in [2.45, 2.75) is 25.8 Å². The van der Waals surface area contributed by atoms with E-state index < -0.39 is 5.97 Å². The Kier molecular flexibility index (Phi) is 4.14. The number of aromatic amines is 1. The lowest BCUT2D eigenvalue weighted by atomic mass is 10.1. The molecule has 1 aromatic carbocycles. The molecule has 0 bridgehead atoms. The van der Waals surface area contributed by atoms with E-state index in [4.69, 9.17) is 4.74 Å². The number of carbonyl (C=O) groups excluding carboxylic acids is 2. The van der Waals surface area contributed by atoms with Crippen LogP contribution in [0.15, 0.2) is 35.1 Å². The lowest BCUT2D eigenvalue weighted by Crippen LogP contribution is -2.37. The van der Waals surface area contributed by atoms with Crippen molar-refractivity contribution >= 4 is 22.8 Å². The molecule has 2 N–H and O–H groups in total. The maximum absolute atomic E-state index is 12.2. The van der Waals surface area contributed by atoms with Gasteiger partial charge in [0.1, 0.15) is 0 Å². The first-order valence-corrected chi connectivity index (χ1v) is 7.63. The number of pyridine rings is 1. The molecule has 0 aliphatic heterocycles. The molecule has 120 valence electrons. The van der Waals surface area contributed by atoms with Gasteiger partial charge in [-0.25, -0.2) is 4.79 Å². The van der Waals surface area contributed by atoms with E-state index in [0.29, 0.717) is 16.8 Å². The standard InChI is InChI=1S/C17H18N2O4/c1-10(11-6-7-11)18-16(21)9-23-17(22)13-8-15(20)19-14-5-3-2-4-12(13)14/h2-5,8,10-11H,6-7,9H2,1H3,(H,18,21)(H,19,20)/t10-/m0/s1. The van der Waals surface area contributed by atoms with Crippen molar-refractivity contribution in [3.05, 3.63) is 46.2 Å². The summed E-state index contributed by atoms with van der Waals surface area (Å²) in [6.07, 6.45) is 2.25. The van der Waals surface area contributed by atoms with Crippen LogP contribution in [0.4, 0.5) is 0 Å². The second-order valence-electron chi connectivity index (χ2n) is 5.86. The van der Waals surface area contributed by atoms with Gasteiger partial charge in [0.05, 0.1) is 5.56 Å². The van der Waals surface area contributed by atoms with Crippen molar-refractivity contribution in [2.24, 2.45) is 5.92 Å². The SMILES string of the molecule is C[C@H](NC(=O)COC(=O)c1cc(=O)[nH]c2ccccc12)C1CC1. The maximum atomic E-state index is 12.2. The number of benzene rings is 1. The third kappa shape index (κ3) is 3.59. The van der Waals surface area contributed by atoms with Gasteiger partial charge in [0.2, 0.25) is 5.56 Å². The minimum Gasteiger partial charge on any atom is -0.452 e. The van der Waals surface area contributed by atoms with Crippen LogP contribution in [-0.4, -0.2) is 29.5 Å². The molecule has 1 aromatic heterocycles. The van der Waals surface area contributed by atoms with E-state index in [1.165, 1.54) is 6.07 Å². The van der Waals surface area contributed by atoms with E-state index in [9.17, 15) is 14.4 Å². The summed E-state index contributed by atoms with van der Waals surface area (Å²) < 4.78 is 5.05. The average Bonchev–Trinajstić information content (AvgIpc) is 3.36. The number of hydrogen-bond acceptors (Lipinski definition) is 4. The number of aromatic nitrogens is 1. The van der Waals surface area contributed by atoms with Crippen molar-refractivity contribution < 1.29 is 14.3 Å². The highest BCUT2D eigenvalue weighted by atomic mass is 16.5. The van der Waals surface area contributed by atoms with Crippen LogP contribution < -0.4 is 10.9 Å². The Bertz CT molecular complexity index is 808. The summed E-state index contributed by atoms with van der Waals surface area (Å²) in [4.78, 5) is 38.3. The maximum Gasteiger partial charge on any atom is 0.339 e. The zero-order valence-corrected chi connectivity index (χ0v) is 12.8. The lowest BCUT2D eigenvalue weighted by Gasteiger charge is -2.13. The van der Waals surface area contributed by atoms with Gasteiger partial charge in [0, 0.05) is 23.0 Å². The molecule has 23 heavy (non-hydrogen) atoms. The number of amides is 1. The Morgan fingerprint density at radius 2 is 2.09 bits per heavy atom. The normalized spacial score (nSPS) is 15.2. The molecule has 0 radical (unpaired) electrons. The Morgan fingerprint density at radius 1 is 1.35 bits per heavy atom. The molecule has 2 aromatic rings. The summed E-state index contributed by atoms with van der Waals surface area (Å²) in [5, 5.41) is 3.40. The first-order chi connectivity index (χ1) is 11.0. The molecule has 1 aliphatic carbocycles. The van der Waals surface area contributed by atoms with Gasteiger partial charge >= 0.3 is 5.97 Å². The third-order valence-electron chi connectivity index (χ3n) is 4.02. The molecular weight excluding hydrogens is 296 g/mol. The zero-order chi connectivity index (χ0) is 16.4. The predicted molar refractivity (Wildman–Crippen MR) is 85.2 cm³/mol. The molecule has 1 aliphatic rings. The van der Waals surface area contributed by atoms with E-state index in [1.54, 1.807) is 24.3 Å². The first-order valence-electron chi connectivity index (χ1n) is 7.63. The van der Waals surface area contributed by atoms with E-state index in [1.807, 2.05) is 6.92 Å². The quantitative estimate of drug-likeness (QED) is 0.821. The van der Waals surface area contributed by atoms with Gasteiger partial charge in [0.25, 0.3) is 5.91 Å². The monoisotopic (exact) mass is 314 g/mol. The van der Waals surface area contributed by atoms with Crippen LogP contribution in [0.1, 0.15) is 30.1 Å². The average molecular weight is 314 g/mol. The molecule has 1 atom stereocenters.